The number of hydrogen-bond acceptors (Lipinski definition) is 3. The van der Waals surface area contributed by atoms with Crippen molar-refractivity contribution in [1.29, 1.82) is 0 Å². The highest BCUT2D eigenvalue weighted by atomic mass is 16.5. The van der Waals surface area contributed by atoms with E-state index in [9.17, 15) is 4.79 Å². The number of carbonyl (C=O) groups excluding carboxylic acids is 1. The summed E-state index contributed by atoms with van der Waals surface area (Å²) < 4.78 is 7.25. The number of aromatic nitrogens is 2. The summed E-state index contributed by atoms with van der Waals surface area (Å²) in [6, 6.07) is 2.01. The third-order valence-corrected chi connectivity index (χ3v) is 4.78. The van der Waals surface area contributed by atoms with Crippen molar-refractivity contribution in [3.63, 3.8) is 0 Å². The van der Waals surface area contributed by atoms with Gasteiger partial charge in [-0.05, 0) is 44.6 Å². The van der Waals surface area contributed by atoms with Gasteiger partial charge in [0.15, 0.2) is 0 Å². The van der Waals surface area contributed by atoms with Crippen LogP contribution in [0.15, 0.2) is 6.07 Å². The van der Waals surface area contributed by atoms with Crippen molar-refractivity contribution >= 4 is 5.91 Å². The molecule has 3 atom stereocenters. The first-order valence-corrected chi connectivity index (χ1v) is 7.38. The maximum Gasteiger partial charge on any atom is 0.244 e. The van der Waals surface area contributed by atoms with Crippen LogP contribution in [0.5, 0.6) is 0 Å². The molecule has 1 saturated carbocycles. The number of carbonyl (C=O) groups is 1. The van der Waals surface area contributed by atoms with Gasteiger partial charge in [0.25, 0.3) is 0 Å². The lowest BCUT2D eigenvalue weighted by Gasteiger charge is -2.19. The van der Waals surface area contributed by atoms with Crippen molar-refractivity contribution in [1.82, 2.24) is 14.7 Å². The van der Waals surface area contributed by atoms with Gasteiger partial charge >= 0.3 is 0 Å². The highest BCUT2D eigenvalue weighted by Crippen LogP contribution is 2.39. The second-order valence-corrected chi connectivity index (χ2v) is 6.23. The van der Waals surface area contributed by atoms with Gasteiger partial charge in [0.1, 0.15) is 6.54 Å². The highest BCUT2D eigenvalue weighted by Gasteiger charge is 2.42. The third kappa shape index (κ3) is 2.46. The number of nitrogens with zero attached hydrogens (tertiary/aromatic N) is 3. The van der Waals surface area contributed by atoms with Gasteiger partial charge in [-0.15, -0.1) is 0 Å². The van der Waals surface area contributed by atoms with Crippen molar-refractivity contribution in [3.8, 4) is 0 Å². The minimum absolute atomic E-state index is 0.194. The maximum absolute atomic E-state index is 12.4. The van der Waals surface area contributed by atoms with Crippen LogP contribution in [-0.2, 0) is 16.1 Å². The smallest absolute Gasteiger partial charge is 0.244 e. The van der Waals surface area contributed by atoms with Crippen LogP contribution < -0.4 is 0 Å². The molecule has 0 spiro atoms. The molecule has 1 unspecified atom stereocenters. The molecule has 20 heavy (non-hydrogen) atoms. The van der Waals surface area contributed by atoms with Crippen LogP contribution in [0.1, 0.15) is 24.2 Å². The molecule has 1 saturated heterocycles. The molecule has 2 aliphatic rings. The Bertz CT molecular complexity index is 497. The Kier molecular flexibility index (Phi) is 3.54. The first kappa shape index (κ1) is 13.6. The topological polar surface area (TPSA) is 47.4 Å². The Balaban J connectivity index is 1.59. The van der Waals surface area contributed by atoms with Crippen molar-refractivity contribution in [2.45, 2.75) is 39.3 Å². The van der Waals surface area contributed by atoms with Crippen molar-refractivity contribution in [3.05, 3.63) is 17.5 Å². The Labute approximate surface area is 119 Å². The summed E-state index contributed by atoms with van der Waals surface area (Å²) in [5, 5.41) is 4.37. The SMILES string of the molecule is COC1C[C@@H]2CN(C(=O)Cn3nc(C)cc3C)C[C@@H]2C1. The minimum Gasteiger partial charge on any atom is -0.381 e. The van der Waals surface area contributed by atoms with E-state index in [0.717, 1.165) is 37.3 Å². The molecule has 1 aromatic heterocycles. The Morgan fingerprint density at radius 2 is 2.00 bits per heavy atom. The Hall–Kier alpha value is -1.36. The zero-order valence-corrected chi connectivity index (χ0v) is 12.5. The van der Waals surface area contributed by atoms with E-state index in [2.05, 4.69) is 5.10 Å². The number of aryl methyl sites for hydroxylation is 2. The molecule has 1 aromatic rings. The molecule has 1 amide bonds. The number of ether oxygens (including phenoxy) is 1. The van der Waals surface area contributed by atoms with Gasteiger partial charge in [-0.1, -0.05) is 0 Å². The zero-order valence-electron chi connectivity index (χ0n) is 12.5. The summed E-state index contributed by atoms with van der Waals surface area (Å²) in [4.78, 5) is 14.4. The molecule has 1 aliphatic heterocycles. The molecular formula is C15H23N3O2. The Morgan fingerprint density at radius 3 is 2.50 bits per heavy atom. The normalized spacial score (nSPS) is 28.9. The number of hydrogen-bond donors (Lipinski definition) is 0. The fraction of sp³-hybridized carbons (Fsp3) is 0.733. The van der Waals surface area contributed by atoms with Crippen LogP contribution in [0.25, 0.3) is 0 Å². The van der Waals surface area contributed by atoms with E-state index in [1.807, 2.05) is 29.5 Å². The van der Waals surface area contributed by atoms with Crippen LogP contribution in [-0.4, -0.2) is 46.9 Å². The maximum atomic E-state index is 12.4. The lowest BCUT2D eigenvalue weighted by atomic mass is 10.0. The zero-order chi connectivity index (χ0) is 14.3. The van der Waals surface area contributed by atoms with Gasteiger partial charge in [0.05, 0.1) is 11.8 Å². The van der Waals surface area contributed by atoms with Gasteiger partial charge in [0.2, 0.25) is 5.91 Å². The standard InChI is InChI=1S/C15H23N3O2/c1-10-4-11(2)18(16-10)9-15(19)17-7-12-5-14(20-3)6-13(12)8-17/h4,12-14H,5-9H2,1-3H3/t12-,13+,14?. The fourth-order valence-corrected chi connectivity index (χ4v) is 3.70. The summed E-state index contributed by atoms with van der Waals surface area (Å²) in [5.74, 6) is 1.45. The minimum atomic E-state index is 0.194. The van der Waals surface area contributed by atoms with Crippen LogP contribution in [0.2, 0.25) is 0 Å². The summed E-state index contributed by atoms with van der Waals surface area (Å²) in [6.07, 6.45) is 2.61. The van der Waals surface area contributed by atoms with Crippen LogP contribution in [0.3, 0.4) is 0 Å². The molecular weight excluding hydrogens is 254 g/mol. The first-order valence-electron chi connectivity index (χ1n) is 7.38. The molecule has 3 rings (SSSR count). The van der Waals surface area contributed by atoms with E-state index >= 15 is 0 Å². The van der Waals surface area contributed by atoms with Gasteiger partial charge in [-0.2, -0.15) is 5.10 Å². The monoisotopic (exact) mass is 277 g/mol. The quantitative estimate of drug-likeness (QED) is 0.838. The predicted molar refractivity (Wildman–Crippen MR) is 75.3 cm³/mol. The molecule has 5 heteroatoms. The molecule has 0 aromatic carbocycles. The molecule has 0 radical (unpaired) electrons. The van der Waals surface area contributed by atoms with Crippen molar-refractivity contribution in [2.75, 3.05) is 20.2 Å². The number of likely N-dealkylation sites (tertiary alicyclic amines) is 1. The van der Waals surface area contributed by atoms with Crippen LogP contribution in [0.4, 0.5) is 0 Å². The summed E-state index contributed by atoms with van der Waals surface area (Å²) in [6.45, 7) is 6.10. The molecule has 5 nitrogen and oxygen atoms in total. The van der Waals surface area contributed by atoms with E-state index in [4.69, 9.17) is 4.74 Å². The number of methoxy groups -OCH3 is 1. The molecule has 1 aliphatic carbocycles. The largest absolute Gasteiger partial charge is 0.381 e. The highest BCUT2D eigenvalue weighted by molar-refractivity contribution is 5.76. The van der Waals surface area contributed by atoms with Crippen molar-refractivity contribution in [2.24, 2.45) is 11.8 Å². The third-order valence-electron chi connectivity index (χ3n) is 4.78. The average Bonchev–Trinajstić information content (AvgIpc) is 3.02. The Morgan fingerprint density at radius 1 is 1.35 bits per heavy atom. The average molecular weight is 277 g/mol. The number of amides is 1. The summed E-state index contributed by atoms with van der Waals surface area (Å²) in [7, 11) is 1.79. The lowest BCUT2D eigenvalue weighted by molar-refractivity contribution is -0.131. The second-order valence-electron chi connectivity index (χ2n) is 6.23. The first-order chi connectivity index (χ1) is 9.56. The second kappa shape index (κ2) is 5.20. The van der Waals surface area contributed by atoms with E-state index in [0.29, 0.717) is 24.5 Å². The summed E-state index contributed by atoms with van der Waals surface area (Å²) in [5.41, 5.74) is 2.02. The van der Waals surface area contributed by atoms with Gasteiger partial charge in [0, 0.05) is 25.9 Å². The molecule has 2 heterocycles. The lowest BCUT2D eigenvalue weighted by Crippen LogP contribution is -2.33. The summed E-state index contributed by atoms with van der Waals surface area (Å²) >= 11 is 0. The van der Waals surface area contributed by atoms with E-state index < -0.39 is 0 Å². The van der Waals surface area contributed by atoms with Gasteiger partial charge in [-0.25, -0.2) is 0 Å². The van der Waals surface area contributed by atoms with Crippen LogP contribution >= 0.6 is 0 Å². The van der Waals surface area contributed by atoms with E-state index in [-0.39, 0.29) is 5.91 Å². The number of fused-ring (bicyclic) bond motifs is 1. The molecule has 110 valence electrons. The van der Waals surface area contributed by atoms with Crippen LogP contribution in [0, 0.1) is 25.7 Å². The van der Waals surface area contributed by atoms with E-state index in [1.54, 1.807) is 7.11 Å². The van der Waals surface area contributed by atoms with Gasteiger partial charge < -0.3 is 9.64 Å². The predicted octanol–water partition coefficient (Wildman–Crippen LogP) is 1.38. The molecule has 0 N–H and O–H groups in total. The molecule has 2 fully saturated rings. The number of rotatable bonds is 3. The van der Waals surface area contributed by atoms with Gasteiger partial charge in [-0.3, -0.25) is 9.48 Å². The van der Waals surface area contributed by atoms with E-state index in [1.165, 1.54) is 0 Å². The molecule has 0 bridgehead atoms. The van der Waals surface area contributed by atoms with Crippen molar-refractivity contribution < 1.29 is 9.53 Å². The fourth-order valence-electron chi connectivity index (χ4n) is 3.70.